The number of halogens is 1. The first kappa shape index (κ1) is 11.4. The van der Waals surface area contributed by atoms with Crippen LogP contribution in [0.4, 0.5) is 4.39 Å². The maximum absolute atomic E-state index is 13.4. The summed E-state index contributed by atoms with van der Waals surface area (Å²) in [4.78, 5) is 0. The zero-order valence-electron chi connectivity index (χ0n) is 9.66. The van der Waals surface area contributed by atoms with Gasteiger partial charge in [0.25, 0.3) is 0 Å². The van der Waals surface area contributed by atoms with Gasteiger partial charge in [-0.3, -0.25) is 0 Å². The van der Waals surface area contributed by atoms with Crippen molar-refractivity contribution >= 4 is 0 Å². The van der Waals surface area contributed by atoms with Gasteiger partial charge in [0.05, 0.1) is 13.2 Å². The Morgan fingerprint density at radius 3 is 2.69 bits per heavy atom. The molecule has 1 unspecified atom stereocenters. The molecule has 88 valence electrons. The fourth-order valence-electron chi connectivity index (χ4n) is 1.84. The standard InChI is InChI=1S/C13H17FO2/c1-13(5-6-13)12(15)8-9-3-4-11(16-2)10(14)7-9/h3-4,7,12,15H,5-6,8H2,1-2H3. The minimum Gasteiger partial charge on any atom is -0.494 e. The second kappa shape index (κ2) is 4.06. The second-order valence-corrected chi connectivity index (χ2v) is 4.84. The molecule has 0 spiro atoms. The van der Waals surface area contributed by atoms with Crippen LogP contribution in [0.25, 0.3) is 0 Å². The van der Waals surface area contributed by atoms with Crippen LogP contribution >= 0.6 is 0 Å². The molecular formula is C13H17FO2. The van der Waals surface area contributed by atoms with Crippen molar-refractivity contribution in [3.63, 3.8) is 0 Å². The predicted molar refractivity (Wildman–Crippen MR) is 60.0 cm³/mol. The number of benzene rings is 1. The zero-order valence-corrected chi connectivity index (χ0v) is 9.66. The van der Waals surface area contributed by atoms with Gasteiger partial charge in [0.2, 0.25) is 0 Å². The topological polar surface area (TPSA) is 29.5 Å². The lowest BCUT2D eigenvalue weighted by Gasteiger charge is -2.17. The van der Waals surface area contributed by atoms with Crippen molar-refractivity contribution in [2.24, 2.45) is 5.41 Å². The van der Waals surface area contributed by atoms with E-state index in [9.17, 15) is 9.50 Å². The summed E-state index contributed by atoms with van der Waals surface area (Å²) in [6.07, 6.45) is 2.26. The molecule has 1 atom stereocenters. The summed E-state index contributed by atoms with van der Waals surface area (Å²) < 4.78 is 18.3. The van der Waals surface area contributed by atoms with Gasteiger partial charge in [0.1, 0.15) is 0 Å². The molecule has 16 heavy (non-hydrogen) atoms. The first-order chi connectivity index (χ1) is 7.55. The number of methoxy groups -OCH3 is 1. The van der Waals surface area contributed by atoms with E-state index in [1.54, 1.807) is 12.1 Å². The van der Waals surface area contributed by atoms with Crippen molar-refractivity contribution < 1.29 is 14.2 Å². The molecular weight excluding hydrogens is 207 g/mol. The molecule has 2 rings (SSSR count). The van der Waals surface area contributed by atoms with Gasteiger partial charge in [0, 0.05) is 0 Å². The van der Waals surface area contributed by atoms with Gasteiger partial charge in [-0.05, 0) is 42.4 Å². The molecule has 1 aromatic rings. The molecule has 0 amide bonds. The van der Waals surface area contributed by atoms with E-state index in [0.29, 0.717) is 6.42 Å². The largest absolute Gasteiger partial charge is 0.494 e. The number of hydrogen-bond donors (Lipinski definition) is 1. The van der Waals surface area contributed by atoms with E-state index in [4.69, 9.17) is 4.74 Å². The Morgan fingerprint density at radius 2 is 2.19 bits per heavy atom. The van der Waals surface area contributed by atoms with Gasteiger partial charge in [-0.25, -0.2) is 4.39 Å². The Hall–Kier alpha value is -1.09. The molecule has 2 nitrogen and oxygen atoms in total. The van der Waals surface area contributed by atoms with Crippen LogP contribution in [0, 0.1) is 11.2 Å². The van der Waals surface area contributed by atoms with Gasteiger partial charge in [-0.1, -0.05) is 13.0 Å². The number of hydrogen-bond acceptors (Lipinski definition) is 2. The molecule has 3 heteroatoms. The molecule has 0 aliphatic heterocycles. The minimum atomic E-state index is -0.375. The third-order valence-corrected chi connectivity index (χ3v) is 3.49. The molecule has 0 radical (unpaired) electrons. The predicted octanol–water partition coefficient (Wildman–Crippen LogP) is 2.54. The molecule has 0 heterocycles. The third-order valence-electron chi connectivity index (χ3n) is 3.49. The van der Waals surface area contributed by atoms with Crippen LogP contribution in [0.1, 0.15) is 25.3 Å². The highest BCUT2D eigenvalue weighted by Crippen LogP contribution is 2.48. The molecule has 1 aromatic carbocycles. The second-order valence-electron chi connectivity index (χ2n) is 4.84. The van der Waals surface area contributed by atoms with E-state index in [1.807, 2.05) is 0 Å². The Balaban J connectivity index is 2.07. The molecule has 0 bridgehead atoms. The first-order valence-electron chi connectivity index (χ1n) is 5.56. The number of aliphatic hydroxyl groups is 1. The maximum Gasteiger partial charge on any atom is 0.165 e. The molecule has 1 aliphatic rings. The SMILES string of the molecule is COc1ccc(CC(O)C2(C)CC2)cc1F. The summed E-state index contributed by atoms with van der Waals surface area (Å²) in [5, 5.41) is 9.97. The Labute approximate surface area is 95.1 Å². The molecule has 0 saturated heterocycles. The van der Waals surface area contributed by atoms with Gasteiger partial charge in [-0.2, -0.15) is 0 Å². The maximum atomic E-state index is 13.4. The first-order valence-corrected chi connectivity index (χ1v) is 5.56. The average molecular weight is 224 g/mol. The summed E-state index contributed by atoms with van der Waals surface area (Å²) in [6, 6.07) is 4.84. The van der Waals surface area contributed by atoms with E-state index in [2.05, 4.69) is 6.92 Å². The van der Waals surface area contributed by atoms with Crippen molar-refractivity contribution in [1.82, 2.24) is 0 Å². The number of aliphatic hydroxyl groups excluding tert-OH is 1. The molecule has 0 aromatic heterocycles. The van der Waals surface area contributed by atoms with Crippen LogP contribution in [-0.2, 0) is 6.42 Å². The monoisotopic (exact) mass is 224 g/mol. The average Bonchev–Trinajstić information content (AvgIpc) is 2.98. The molecule has 1 aliphatic carbocycles. The van der Waals surface area contributed by atoms with Gasteiger partial charge < -0.3 is 9.84 Å². The lowest BCUT2D eigenvalue weighted by atomic mass is 9.95. The lowest BCUT2D eigenvalue weighted by Crippen LogP contribution is -2.21. The van der Waals surface area contributed by atoms with E-state index >= 15 is 0 Å². The highest BCUT2D eigenvalue weighted by Gasteiger charge is 2.43. The number of rotatable bonds is 4. The van der Waals surface area contributed by atoms with Crippen LogP contribution in [-0.4, -0.2) is 18.3 Å². The van der Waals surface area contributed by atoms with E-state index < -0.39 is 0 Å². The summed E-state index contributed by atoms with van der Waals surface area (Å²) >= 11 is 0. The van der Waals surface area contributed by atoms with E-state index in [-0.39, 0.29) is 23.1 Å². The van der Waals surface area contributed by atoms with Crippen molar-refractivity contribution in [2.75, 3.05) is 7.11 Å². The number of ether oxygens (including phenoxy) is 1. The van der Waals surface area contributed by atoms with Gasteiger partial charge in [-0.15, -0.1) is 0 Å². The Bertz CT molecular complexity index is 386. The van der Waals surface area contributed by atoms with Crippen LogP contribution in [0.3, 0.4) is 0 Å². The van der Waals surface area contributed by atoms with Crippen LogP contribution in [0.5, 0.6) is 5.75 Å². The summed E-state index contributed by atoms with van der Waals surface area (Å²) in [6.45, 7) is 2.07. The van der Waals surface area contributed by atoms with Crippen molar-refractivity contribution in [2.45, 2.75) is 32.3 Å². The highest BCUT2D eigenvalue weighted by molar-refractivity contribution is 5.29. The van der Waals surface area contributed by atoms with Crippen LogP contribution in [0.15, 0.2) is 18.2 Å². The lowest BCUT2D eigenvalue weighted by molar-refractivity contribution is 0.103. The van der Waals surface area contributed by atoms with Crippen molar-refractivity contribution in [3.05, 3.63) is 29.6 Å². The molecule has 1 N–H and O–H groups in total. The molecule has 1 fully saturated rings. The molecule has 1 saturated carbocycles. The minimum absolute atomic E-state index is 0.0520. The van der Waals surface area contributed by atoms with Crippen molar-refractivity contribution in [3.8, 4) is 5.75 Å². The van der Waals surface area contributed by atoms with E-state index in [0.717, 1.165) is 18.4 Å². The quantitative estimate of drug-likeness (QED) is 0.851. The van der Waals surface area contributed by atoms with Crippen molar-refractivity contribution in [1.29, 1.82) is 0 Å². The van der Waals surface area contributed by atoms with Crippen LogP contribution < -0.4 is 4.74 Å². The van der Waals surface area contributed by atoms with E-state index in [1.165, 1.54) is 13.2 Å². The normalized spacial score (nSPS) is 19.2. The van der Waals surface area contributed by atoms with Gasteiger partial charge >= 0.3 is 0 Å². The summed E-state index contributed by atoms with van der Waals surface area (Å²) in [7, 11) is 1.44. The fourth-order valence-corrected chi connectivity index (χ4v) is 1.84. The Kier molecular flexibility index (Phi) is 2.89. The van der Waals surface area contributed by atoms with Crippen LogP contribution in [0.2, 0.25) is 0 Å². The third kappa shape index (κ3) is 2.19. The highest BCUT2D eigenvalue weighted by atomic mass is 19.1. The zero-order chi connectivity index (χ0) is 11.8. The van der Waals surface area contributed by atoms with Gasteiger partial charge in [0.15, 0.2) is 11.6 Å². The summed E-state index contributed by atoms with van der Waals surface area (Å²) in [5.41, 5.74) is 0.870. The smallest absolute Gasteiger partial charge is 0.165 e. The summed E-state index contributed by atoms with van der Waals surface area (Å²) in [5.74, 6) is -0.121. The Morgan fingerprint density at radius 1 is 1.50 bits per heavy atom. The fraction of sp³-hybridized carbons (Fsp3) is 0.538.